The first-order valence-electron chi connectivity index (χ1n) is 15.1. The van der Waals surface area contributed by atoms with Crippen LogP contribution in [-0.2, 0) is 0 Å². The van der Waals surface area contributed by atoms with Gasteiger partial charge < -0.3 is 9.13 Å². The lowest BCUT2D eigenvalue weighted by atomic mass is 10.1. The number of hydrogen-bond donors (Lipinski definition) is 0. The van der Waals surface area contributed by atoms with Gasteiger partial charge in [0.25, 0.3) is 0 Å². The number of nitrogens with zero attached hydrogens (tertiary/aromatic N) is 2. The Balaban J connectivity index is 1.39. The van der Waals surface area contributed by atoms with Crippen LogP contribution in [0, 0.1) is 0 Å². The van der Waals surface area contributed by atoms with Crippen LogP contribution in [0.15, 0.2) is 170 Å². The lowest BCUT2D eigenvalue weighted by Gasteiger charge is -2.14. The second kappa shape index (κ2) is 9.86. The van der Waals surface area contributed by atoms with Crippen molar-refractivity contribution in [1.82, 2.24) is 9.13 Å². The van der Waals surface area contributed by atoms with Gasteiger partial charge in [0, 0.05) is 32.9 Å². The molecular weight excluding hydrogens is 532 g/mol. The Morgan fingerprint density at radius 3 is 1.32 bits per heavy atom. The molecule has 2 heteroatoms. The van der Waals surface area contributed by atoms with Gasteiger partial charge in [0.2, 0.25) is 0 Å². The summed E-state index contributed by atoms with van der Waals surface area (Å²) >= 11 is 0. The summed E-state index contributed by atoms with van der Waals surface area (Å²) in [5.41, 5.74) is 12.0. The van der Waals surface area contributed by atoms with Crippen LogP contribution in [0.5, 0.6) is 0 Å². The molecule has 0 saturated carbocycles. The molecule has 0 aliphatic rings. The van der Waals surface area contributed by atoms with E-state index in [4.69, 9.17) is 0 Å². The van der Waals surface area contributed by atoms with E-state index in [1.54, 1.807) is 0 Å². The van der Waals surface area contributed by atoms with E-state index in [-0.39, 0.29) is 0 Å². The summed E-state index contributed by atoms with van der Waals surface area (Å²) in [7, 11) is 0. The Kier molecular flexibility index (Phi) is 5.54. The number of rotatable bonds is 4. The third-order valence-corrected chi connectivity index (χ3v) is 8.91. The molecular formula is C42H28N2. The molecule has 7 aromatic carbocycles. The average molecular weight is 561 g/mol. The fraction of sp³-hybridized carbons (Fsp3) is 0. The molecule has 0 aliphatic carbocycles. The van der Waals surface area contributed by atoms with Gasteiger partial charge in [-0.1, -0.05) is 133 Å². The molecule has 0 aliphatic heterocycles. The second-order valence-electron chi connectivity index (χ2n) is 11.4. The SMILES string of the molecule is c1ccc(-c2ccc(-n3c4ccccc4c4ccc5c6ccccc6n(-c6cccc(-c7ccccc7)c6)c5c43)cc2)cc1. The molecule has 0 N–H and O–H groups in total. The Bertz CT molecular complexity index is 2460. The molecule has 0 radical (unpaired) electrons. The third-order valence-electron chi connectivity index (χ3n) is 8.91. The molecule has 0 saturated heterocycles. The molecule has 0 bridgehead atoms. The molecule has 0 atom stereocenters. The van der Waals surface area contributed by atoms with E-state index in [9.17, 15) is 0 Å². The van der Waals surface area contributed by atoms with Crippen LogP contribution in [0.1, 0.15) is 0 Å². The van der Waals surface area contributed by atoms with Crippen molar-refractivity contribution in [2.24, 2.45) is 0 Å². The molecule has 2 nitrogen and oxygen atoms in total. The predicted octanol–water partition coefficient (Wildman–Crippen LogP) is 11.2. The highest BCUT2D eigenvalue weighted by atomic mass is 15.0. The number of hydrogen-bond acceptors (Lipinski definition) is 0. The van der Waals surface area contributed by atoms with Crippen LogP contribution in [0.4, 0.5) is 0 Å². The molecule has 0 fully saturated rings. The van der Waals surface area contributed by atoms with Crippen molar-refractivity contribution in [3.8, 4) is 33.6 Å². The van der Waals surface area contributed by atoms with Crippen LogP contribution in [-0.4, -0.2) is 9.13 Å². The van der Waals surface area contributed by atoms with Crippen LogP contribution >= 0.6 is 0 Å². The summed E-state index contributed by atoms with van der Waals surface area (Å²) in [5.74, 6) is 0. The maximum atomic E-state index is 2.47. The maximum absolute atomic E-state index is 2.47. The minimum Gasteiger partial charge on any atom is -0.307 e. The highest BCUT2D eigenvalue weighted by Gasteiger charge is 2.21. The van der Waals surface area contributed by atoms with Gasteiger partial charge in [0.05, 0.1) is 22.1 Å². The molecule has 206 valence electrons. The largest absolute Gasteiger partial charge is 0.307 e. The summed E-state index contributed by atoms with van der Waals surface area (Å²) in [6.45, 7) is 0. The van der Waals surface area contributed by atoms with Crippen molar-refractivity contribution in [2.75, 3.05) is 0 Å². The third kappa shape index (κ3) is 3.75. The van der Waals surface area contributed by atoms with Crippen molar-refractivity contribution in [1.29, 1.82) is 0 Å². The average Bonchev–Trinajstić information content (AvgIpc) is 3.62. The topological polar surface area (TPSA) is 9.86 Å². The van der Waals surface area contributed by atoms with Crippen molar-refractivity contribution >= 4 is 43.6 Å². The molecule has 0 spiro atoms. The Morgan fingerprint density at radius 1 is 0.273 bits per heavy atom. The van der Waals surface area contributed by atoms with Crippen molar-refractivity contribution in [3.05, 3.63) is 170 Å². The maximum Gasteiger partial charge on any atom is 0.0788 e. The molecule has 0 unspecified atom stereocenters. The highest BCUT2D eigenvalue weighted by molar-refractivity contribution is 6.23. The lowest BCUT2D eigenvalue weighted by Crippen LogP contribution is -1.99. The smallest absolute Gasteiger partial charge is 0.0788 e. The molecule has 44 heavy (non-hydrogen) atoms. The Hall–Kier alpha value is -5.86. The van der Waals surface area contributed by atoms with Gasteiger partial charge >= 0.3 is 0 Å². The van der Waals surface area contributed by atoms with Crippen LogP contribution < -0.4 is 0 Å². The monoisotopic (exact) mass is 560 g/mol. The fourth-order valence-electron chi connectivity index (χ4n) is 6.93. The van der Waals surface area contributed by atoms with E-state index in [0.717, 1.165) is 11.4 Å². The molecule has 2 heterocycles. The summed E-state index contributed by atoms with van der Waals surface area (Å²) in [6, 6.07) is 61.4. The van der Waals surface area contributed by atoms with Gasteiger partial charge in [0.1, 0.15) is 0 Å². The van der Waals surface area contributed by atoms with Gasteiger partial charge in [-0.2, -0.15) is 0 Å². The summed E-state index contributed by atoms with van der Waals surface area (Å²) in [6.07, 6.45) is 0. The van der Waals surface area contributed by atoms with E-state index >= 15 is 0 Å². The van der Waals surface area contributed by atoms with E-state index in [0.29, 0.717) is 0 Å². The van der Waals surface area contributed by atoms with E-state index in [2.05, 4.69) is 179 Å². The first-order chi connectivity index (χ1) is 21.8. The van der Waals surface area contributed by atoms with Crippen molar-refractivity contribution < 1.29 is 0 Å². The van der Waals surface area contributed by atoms with Gasteiger partial charge in [-0.3, -0.25) is 0 Å². The fourth-order valence-corrected chi connectivity index (χ4v) is 6.93. The van der Waals surface area contributed by atoms with Gasteiger partial charge in [-0.25, -0.2) is 0 Å². The van der Waals surface area contributed by atoms with Gasteiger partial charge in [0.15, 0.2) is 0 Å². The Morgan fingerprint density at radius 2 is 0.727 bits per heavy atom. The Labute approximate surface area is 255 Å². The number of fused-ring (bicyclic) bond motifs is 7. The standard InChI is InChI=1S/C42H28N2/c1-3-12-29(13-4-1)31-22-24-33(25-23-31)43-39-20-9-7-18-35(39)37-26-27-38-36-19-8-10-21-40(36)44(42(38)41(37)43)34-17-11-16-32(28-34)30-14-5-2-6-15-30/h1-28H. The summed E-state index contributed by atoms with van der Waals surface area (Å²) in [4.78, 5) is 0. The van der Waals surface area contributed by atoms with Crippen LogP contribution in [0.2, 0.25) is 0 Å². The van der Waals surface area contributed by atoms with Crippen LogP contribution in [0.25, 0.3) is 77.2 Å². The van der Waals surface area contributed by atoms with Crippen LogP contribution in [0.3, 0.4) is 0 Å². The molecule has 9 aromatic rings. The first-order valence-corrected chi connectivity index (χ1v) is 15.1. The zero-order valence-electron chi connectivity index (χ0n) is 24.1. The predicted molar refractivity (Wildman–Crippen MR) is 186 cm³/mol. The number of para-hydroxylation sites is 2. The first kappa shape index (κ1) is 24.7. The van der Waals surface area contributed by atoms with E-state index in [1.807, 2.05) is 0 Å². The molecule has 2 aromatic heterocycles. The van der Waals surface area contributed by atoms with E-state index in [1.165, 1.54) is 65.9 Å². The highest BCUT2D eigenvalue weighted by Crippen LogP contribution is 2.42. The zero-order chi connectivity index (χ0) is 29.0. The van der Waals surface area contributed by atoms with Crippen molar-refractivity contribution in [3.63, 3.8) is 0 Å². The van der Waals surface area contributed by atoms with Gasteiger partial charge in [-0.15, -0.1) is 0 Å². The normalized spacial score (nSPS) is 11.6. The summed E-state index contributed by atoms with van der Waals surface area (Å²) in [5, 5.41) is 5.02. The molecule has 0 amide bonds. The summed E-state index contributed by atoms with van der Waals surface area (Å²) < 4.78 is 4.92. The molecule has 9 rings (SSSR count). The minimum absolute atomic E-state index is 1.15. The van der Waals surface area contributed by atoms with Crippen molar-refractivity contribution in [2.45, 2.75) is 0 Å². The number of benzene rings is 7. The van der Waals surface area contributed by atoms with E-state index < -0.39 is 0 Å². The zero-order valence-corrected chi connectivity index (χ0v) is 24.1. The van der Waals surface area contributed by atoms with Gasteiger partial charge in [-0.05, 0) is 58.7 Å². The number of aromatic nitrogens is 2. The second-order valence-corrected chi connectivity index (χ2v) is 11.4. The minimum atomic E-state index is 1.15. The lowest BCUT2D eigenvalue weighted by molar-refractivity contribution is 1.15. The quantitative estimate of drug-likeness (QED) is 0.203.